The first-order valence-corrected chi connectivity index (χ1v) is 9.03. The fraction of sp³-hybridized carbons (Fsp3) is 0.556. The van der Waals surface area contributed by atoms with Crippen LogP contribution in [0.2, 0.25) is 0 Å². The molecule has 0 amide bonds. The summed E-state index contributed by atoms with van der Waals surface area (Å²) in [5.74, 6) is 2.45. The largest absolute Gasteiger partial charge is 0.455 e. The van der Waals surface area contributed by atoms with E-state index in [-0.39, 0.29) is 6.10 Å². The highest BCUT2D eigenvalue weighted by Gasteiger charge is 2.23. The maximum Gasteiger partial charge on any atom is 0.177 e. The molecule has 2 fully saturated rings. The van der Waals surface area contributed by atoms with Gasteiger partial charge in [0, 0.05) is 6.61 Å². The van der Waals surface area contributed by atoms with Crippen LogP contribution in [0, 0.1) is 0 Å². The first-order valence-electron chi connectivity index (χ1n) is 9.03. The SMILES string of the molecule is c1cc(C2CCCCO2)oc1-c1nc2c(cnn2C2CCCC2)[nH]1. The highest BCUT2D eigenvalue weighted by molar-refractivity contribution is 5.74. The Hall–Kier alpha value is -2.08. The second kappa shape index (κ2) is 5.77. The molecule has 1 N–H and O–H groups in total. The van der Waals surface area contributed by atoms with Gasteiger partial charge in [-0.15, -0.1) is 0 Å². The van der Waals surface area contributed by atoms with Crippen LogP contribution in [0.3, 0.4) is 0 Å². The summed E-state index contributed by atoms with van der Waals surface area (Å²) in [6.07, 6.45) is 10.3. The number of ether oxygens (including phenoxy) is 1. The lowest BCUT2D eigenvalue weighted by Gasteiger charge is -2.20. The maximum absolute atomic E-state index is 6.03. The van der Waals surface area contributed by atoms with Crippen molar-refractivity contribution in [1.82, 2.24) is 19.7 Å². The number of hydrogen-bond acceptors (Lipinski definition) is 4. The molecular weight excluding hydrogens is 304 g/mol. The van der Waals surface area contributed by atoms with E-state index in [4.69, 9.17) is 14.1 Å². The molecule has 1 saturated carbocycles. The van der Waals surface area contributed by atoms with Crippen molar-refractivity contribution in [2.75, 3.05) is 6.61 Å². The van der Waals surface area contributed by atoms with Gasteiger partial charge in [0.2, 0.25) is 0 Å². The molecule has 24 heavy (non-hydrogen) atoms. The third-order valence-corrected chi connectivity index (χ3v) is 5.27. The van der Waals surface area contributed by atoms with E-state index in [1.165, 1.54) is 32.1 Å². The van der Waals surface area contributed by atoms with E-state index < -0.39 is 0 Å². The van der Waals surface area contributed by atoms with Gasteiger partial charge in [0.25, 0.3) is 0 Å². The highest BCUT2D eigenvalue weighted by atomic mass is 16.5. The molecule has 1 saturated heterocycles. The zero-order valence-corrected chi connectivity index (χ0v) is 13.7. The van der Waals surface area contributed by atoms with Gasteiger partial charge in [-0.25, -0.2) is 9.67 Å². The van der Waals surface area contributed by atoms with Gasteiger partial charge in [0.1, 0.15) is 17.4 Å². The van der Waals surface area contributed by atoms with E-state index in [0.29, 0.717) is 6.04 Å². The van der Waals surface area contributed by atoms with Crippen LogP contribution in [0.4, 0.5) is 0 Å². The van der Waals surface area contributed by atoms with Crippen molar-refractivity contribution in [2.24, 2.45) is 0 Å². The second-order valence-electron chi connectivity index (χ2n) is 6.91. The lowest BCUT2D eigenvalue weighted by Crippen LogP contribution is -2.10. The van der Waals surface area contributed by atoms with Crippen LogP contribution in [-0.4, -0.2) is 26.4 Å². The standard InChI is InChI=1S/C18H22N4O2/c1-2-6-12(5-1)22-18-13(11-19-22)20-17(21-18)16-9-8-15(24-16)14-7-3-4-10-23-14/h8-9,11-12,14H,1-7,10H2,(H,20,21). The molecule has 0 bridgehead atoms. The summed E-state index contributed by atoms with van der Waals surface area (Å²) in [5.41, 5.74) is 1.91. The van der Waals surface area contributed by atoms with E-state index in [9.17, 15) is 0 Å². The van der Waals surface area contributed by atoms with Crippen molar-refractivity contribution in [3.8, 4) is 11.6 Å². The van der Waals surface area contributed by atoms with Crippen molar-refractivity contribution in [1.29, 1.82) is 0 Å². The topological polar surface area (TPSA) is 68.9 Å². The van der Waals surface area contributed by atoms with Crippen molar-refractivity contribution < 1.29 is 9.15 Å². The van der Waals surface area contributed by atoms with Gasteiger partial charge in [0.15, 0.2) is 17.2 Å². The van der Waals surface area contributed by atoms with E-state index in [0.717, 1.165) is 48.0 Å². The Kier molecular flexibility index (Phi) is 3.43. The van der Waals surface area contributed by atoms with Gasteiger partial charge in [-0.3, -0.25) is 0 Å². The third-order valence-electron chi connectivity index (χ3n) is 5.27. The average molecular weight is 326 g/mol. The molecule has 3 aromatic rings. The molecule has 5 rings (SSSR count). The zero-order valence-electron chi connectivity index (χ0n) is 13.7. The van der Waals surface area contributed by atoms with E-state index in [1.54, 1.807) is 0 Å². The molecule has 6 heteroatoms. The Morgan fingerprint density at radius 3 is 2.79 bits per heavy atom. The van der Waals surface area contributed by atoms with Gasteiger partial charge >= 0.3 is 0 Å². The van der Waals surface area contributed by atoms with Crippen LogP contribution in [0.5, 0.6) is 0 Å². The number of imidazole rings is 1. The molecule has 1 aliphatic heterocycles. The predicted molar refractivity (Wildman–Crippen MR) is 89.6 cm³/mol. The summed E-state index contributed by atoms with van der Waals surface area (Å²) in [6.45, 7) is 0.822. The molecule has 1 unspecified atom stereocenters. The summed E-state index contributed by atoms with van der Waals surface area (Å²) in [4.78, 5) is 8.10. The Balaban J connectivity index is 1.45. The normalized spacial score (nSPS) is 22.6. The molecule has 0 aromatic carbocycles. The van der Waals surface area contributed by atoms with E-state index in [2.05, 4.69) is 14.8 Å². The zero-order chi connectivity index (χ0) is 15.9. The lowest BCUT2D eigenvalue weighted by atomic mass is 10.1. The molecule has 1 atom stereocenters. The predicted octanol–water partition coefficient (Wildman–Crippen LogP) is 4.38. The molecule has 0 spiro atoms. The van der Waals surface area contributed by atoms with E-state index in [1.807, 2.05) is 18.3 Å². The number of aromatic nitrogens is 4. The number of rotatable bonds is 3. The van der Waals surface area contributed by atoms with Crippen molar-refractivity contribution in [3.63, 3.8) is 0 Å². The fourth-order valence-electron chi connectivity index (χ4n) is 3.97. The average Bonchev–Trinajstić information content (AvgIpc) is 3.37. The van der Waals surface area contributed by atoms with Crippen LogP contribution < -0.4 is 0 Å². The van der Waals surface area contributed by atoms with Gasteiger partial charge in [-0.2, -0.15) is 5.10 Å². The fourth-order valence-corrected chi connectivity index (χ4v) is 3.97. The summed E-state index contributed by atoms with van der Waals surface area (Å²) in [5, 5.41) is 4.52. The number of aromatic amines is 1. The summed E-state index contributed by atoms with van der Waals surface area (Å²) >= 11 is 0. The highest BCUT2D eigenvalue weighted by Crippen LogP contribution is 2.34. The molecule has 3 aromatic heterocycles. The van der Waals surface area contributed by atoms with Gasteiger partial charge in [-0.05, 0) is 44.2 Å². The lowest BCUT2D eigenvalue weighted by molar-refractivity contribution is 0.00219. The Labute approximate surface area is 140 Å². The maximum atomic E-state index is 6.03. The summed E-state index contributed by atoms with van der Waals surface area (Å²) in [7, 11) is 0. The number of nitrogens with zero attached hydrogens (tertiary/aromatic N) is 3. The molecule has 6 nitrogen and oxygen atoms in total. The Bertz CT molecular complexity index is 834. The number of nitrogens with one attached hydrogen (secondary N) is 1. The van der Waals surface area contributed by atoms with E-state index >= 15 is 0 Å². The van der Waals surface area contributed by atoms with Crippen LogP contribution in [0.25, 0.3) is 22.7 Å². The summed E-state index contributed by atoms with van der Waals surface area (Å²) in [6, 6.07) is 4.49. The molecular formula is C18H22N4O2. The van der Waals surface area contributed by atoms with Gasteiger partial charge in [0.05, 0.1) is 12.2 Å². The molecule has 1 aliphatic carbocycles. The smallest absolute Gasteiger partial charge is 0.177 e. The first kappa shape index (κ1) is 14.3. The molecule has 2 aliphatic rings. The van der Waals surface area contributed by atoms with Crippen LogP contribution in [-0.2, 0) is 4.74 Å². The first-order chi connectivity index (χ1) is 11.9. The summed E-state index contributed by atoms with van der Waals surface area (Å²) < 4.78 is 13.9. The number of furan rings is 1. The van der Waals surface area contributed by atoms with Gasteiger partial charge in [-0.1, -0.05) is 12.8 Å². The molecule has 126 valence electrons. The van der Waals surface area contributed by atoms with Crippen LogP contribution in [0.1, 0.15) is 62.9 Å². The quantitative estimate of drug-likeness (QED) is 0.775. The number of H-pyrrole nitrogens is 1. The minimum atomic E-state index is 0.0888. The van der Waals surface area contributed by atoms with Crippen LogP contribution in [0.15, 0.2) is 22.7 Å². The third kappa shape index (κ3) is 2.36. The van der Waals surface area contributed by atoms with Gasteiger partial charge < -0.3 is 14.1 Å². The van der Waals surface area contributed by atoms with Crippen LogP contribution >= 0.6 is 0 Å². The Morgan fingerprint density at radius 1 is 1.08 bits per heavy atom. The van der Waals surface area contributed by atoms with Crippen molar-refractivity contribution >= 4 is 11.2 Å². The number of hydrogen-bond donors (Lipinski definition) is 1. The monoisotopic (exact) mass is 326 g/mol. The molecule has 4 heterocycles. The van der Waals surface area contributed by atoms with Crippen molar-refractivity contribution in [2.45, 2.75) is 57.1 Å². The number of fused-ring (bicyclic) bond motifs is 1. The Morgan fingerprint density at radius 2 is 1.96 bits per heavy atom. The van der Waals surface area contributed by atoms with Crippen molar-refractivity contribution in [3.05, 3.63) is 24.1 Å². The minimum Gasteiger partial charge on any atom is -0.455 e. The molecule has 0 radical (unpaired) electrons. The minimum absolute atomic E-state index is 0.0888. The second-order valence-corrected chi connectivity index (χ2v) is 6.91.